The fourth-order valence-corrected chi connectivity index (χ4v) is 4.18. The summed E-state index contributed by atoms with van der Waals surface area (Å²) < 4.78 is 45.0. The van der Waals surface area contributed by atoms with Gasteiger partial charge in [-0.1, -0.05) is 12.1 Å². The number of hydrogen-bond donors (Lipinski definition) is 2. The highest BCUT2D eigenvalue weighted by atomic mass is 19.4. The average Bonchev–Trinajstić information content (AvgIpc) is 3.73. The van der Waals surface area contributed by atoms with Gasteiger partial charge in [0.2, 0.25) is 11.7 Å². The van der Waals surface area contributed by atoms with Crippen LogP contribution in [0.2, 0.25) is 0 Å². The quantitative estimate of drug-likeness (QED) is 0.506. The van der Waals surface area contributed by atoms with Gasteiger partial charge >= 0.3 is 6.18 Å². The number of aromatic nitrogens is 3. The molecule has 2 aromatic heterocycles. The lowest BCUT2D eigenvalue weighted by Gasteiger charge is -2.16. The molecule has 0 saturated heterocycles. The van der Waals surface area contributed by atoms with E-state index in [2.05, 4.69) is 15.4 Å². The highest BCUT2D eigenvalue weighted by molar-refractivity contribution is 5.91. The van der Waals surface area contributed by atoms with Crippen molar-refractivity contribution in [2.75, 3.05) is 0 Å². The Morgan fingerprint density at radius 2 is 1.88 bits per heavy atom. The molecule has 1 atom stereocenters. The molecule has 5 rings (SSSR count). The zero-order valence-corrected chi connectivity index (χ0v) is 18.5. The summed E-state index contributed by atoms with van der Waals surface area (Å²) in [6.45, 7) is 0.939. The predicted octanol–water partition coefficient (Wildman–Crippen LogP) is 4.36. The summed E-state index contributed by atoms with van der Waals surface area (Å²) in [5.41, 5.74) is 2.20. The number of aliphatic hydroxyl groups is 1. The third-order valence-corrected chi connectivity index (χ3v) is 6.40. The number of hydrogen-bond acceptors (Lipinski definition) is 5. The van der Waals surface area contributed by atoms with Gasteiger partial charge in [0.1, 0.15) is 0 Å². The molecule has 0 radical (unpaired) electrons. The van der Waals surface area contributed by atoms with Crippen molar-refractivity contribution in [2.45, 2.75) is 57.5 Å². The van der Waals surface area contributed by atoms with E-state index in [0.717, 1.165) is 30.4 Å². The summed E-state index contributed by atoms with van der Waals surface area (Å²) in [5.74, 6) is 1.28. The van der Waals surface area contributed by atoms with E-state index >= 15 is 0 Å². The van der Waals surface area contributed by atoms with Crippen molar-refractivity contribution in [2.24, 2.45) is 11.8 Å². The first kappa shape index (κ1) is 22.6. The molecule has 180 valence electrons. The maximum absolute atomic E-state index is 12.7. The molecular formula is C24H25F3N4O3. The number of nitrogens with zero attached hydrogens (tertiary/aromatic N) is 3. The van der Waals surface area contributed by atoms with Gasteiger partial charge in [-0.2, -0.15) is 18.3 Å². The molecule has 1 aromatic carbocycles. The lowest BCUT2D eigenvalue weighted by atomic mass is 10.1. The maximum Gasteiger partial charge on any atom is 0.416 e. The molecule has 1 unspecified atom stereocenters. The summed E-state index contributed by atoms with van der Waals surface area (Å²) in [6.07, 6.45) is -1.20. The molecule has 34 heavy (non-hydrogen) atoms. The normalized spacial score (nSPS) is 17.2. The minimum Gasteiger partial charge on any atom is -0.431 e. The number of carbonyl (C=O) groups excluding carboxylic acids is 1. The second-order valence-electron chi connectivity index (χ2n) is 9.20. The molecule has 2 saturated carbocycles. The maximum atomic E-state index is 12.7. The Morgan fingerprint density at radius 3 is 2.53 bits per heavy atom. The van der Waals surface area contributed by atoms with Gasteiger partial charge in [-0.25, -0.2) is 4.98 Å². The first-order valence-electron chi connectivity index (χ1n) is 11.4. The van der Waals surface area contributed by atoms with Gasteiger partial charge in [-0.15, -0.1) is 0 Å². The number of halogens is 3. The van der Waals surface area contributed by atoms with Crippen molar-refractivity contribution in [3.05, 3.63) is 48.0 Å². The van der Waals surface area contributed by atoms with Gasteiger partial charge in [0.05, 0.1) is 18.4 Å². The number of rotatable bonds is 8. The molecule has 1 amide bonds. The highest BCUT2D eigenvalue weighted by Gasteiger charge is 2.42. The summed E-state index contributed by atoms with van der Waals surface area (Å²) in [4.78, 5) is 16.9. The Balaban J connectivity index is 1.32. The first-order chi connectivity index (χ1) is 16.2. The number of amides is 1. The second kappa shape index (κ2) is 8.57. The van der Waals surface area contributed by atoms with Gasteiger partial charge in [0, 0.05) is 22.9 Å². The van der Waals surface area contributed by atoms with Crippen LogP contribution in [0.1, 0.15) is 41.9 Å². The lowest BCUT2D eigenvalue weighted by molar-refractivity contribution is -0.208. The first-order valence-corrected chi connectivity index (χ1v) is 11.4. The molecule has 0 bridgehead atoms. The van der Waals surface area contributed by atoms with E-state index in [1.807, 2.05) is 0 Å². The molecule has 3 aromatic rings. The topological polar surface area (TPSA) is 93.2 Å². The monoisotopic (exact) mass is 474 g/mol. The zero-order chi connectivity index (χ0) is 24.0. The van der Waals surface area contributed by atoms with Gasteiger partial charge < -0.3 is 14.8 Å². The highest BCUT2D eigenvalue weighted by Crippen LogP contribution is 2.44. The van der Waals surface area contributed by atoms with Crippen LogP contribution in [0.25, 0.3) is 22.7 Å². The molecule has 2 fully saturated rings. The van der Waals surface area contributed by atoms with Crippen LogP contribution in [0.5, 0.6) is 0 Å². The van der Waals surface area contributed by atoms with Crippen molar-refractivity contribution >= 4 is 5.91 Å². The van der Waals surface area contributed by atoms with Crippen LogP contribution in [-0.2, 0) is 6.54 Å². The summed E-state index contributed by atoms with van der Waals surface area (Å²) >= 11 is 0. The second-order valence-corrected chi connectivity index (χ2v) is 9.20. The minimum absolute atomic E-state index is 0.146. The smallest absolute Gasteiger partial charge is 0.416 e. The van der Waals surface area contributed by atoms with Crippen LogP contribution >= 0.6 is 0 Å². The third kappa shape index (κ3) is 4.86. The molecule has 2 N–H and O–H groups in total. The van der Waals surface area contributed by atoms with Crippen LogP contribution in [-0.4, -0.2) is 44.1 Å². The van der Waals surface area contributed by atoms with E-state index < -0.39 is 18.8 Å². The number of nitrogens with one attached hydrogen (secondary N) is 1. The number of aliphatic hydroxyl groups excluding tert-OH is 1. The largest absolute Gasteiger partial charge is 0.431 e. The van der Waals surface area contributed by atoms with Crippen LogP contribution < -0.4 is 5.32 Å². The molecule has 2 aliphatic rings. The lowest BCUT2D eigenvalue weighted by Crippen LogP contribution is -2.37. The molecule has 2 aliphatic carbocycles. The average molecular weight is 474 g/mol. The summed E-state index contributed by atoms with van der Waals surface area (Å²) in [5, 5.41) is 16.7. The van der Waals surface area contributed by atoms with Crippen LogP contribution in [0.15, 0.2) is 40.9 Å². The van der Waals surface area contributed by atoms with E-state index in [4.69, 9.17) is 4.42 Å². The molecule has 2 heterocycles. The van der Waals surface area contributed by atoms with Crippen molar-refractivity contribution in [1.82, 2.24) is 20.1 Å². The Bertz CT molecular complexity index is 1180. The van der Waals surface area contributed by atoms with Gasteiger partial charge in [-0.05, 0) is 62.6 Å². The van der Waals surface area contributed by atoms with Crippen molar-refractivity contribution in [3.63, 3.8) is 0 Å². The third-order valence-electron chi connectivity index (χ3n) is 6.40. The molecule has 7 nitrogen and oxygen atoms in total. The Hall–Kier alpha value is -3.14. The SMILES string of the molecule is Cc1cc(-c2cccc(-c3ncc(C(=O)NC(C4CC4)C4CC4)o3)c2)nn1CC(O)C(F)(F)F. The number of aryl methyl sites for hydroxylation is 1. The van der Waals surface area contributed by atoms with E-state index in [1.165, 1.54) is 6.20 Å². The van der Waals surface area contributed by atoms with E-state index in [1.54, 1.807) is 37.3 Å². The summed E-state index contributed by atoms with van der Waals surface area (Å²) in [7, 11) is 0. The molecule has 0 aliphatic heterocycles. The molecule has 0 spiro atoms. The Labute approximate surface area is 194 Å². The Kier molecular flexibility index (Phi) is 5.71. The molecular weight excluding hydrogens is 449 g/mol. The van der Waals surface area contributed by atoms with Gasteiger partial charge in [0.25, 0.3) is 5.91 Å². The van der Waals surface area contributed by atoms with Gasteiger partial charge in [0.15, 0.2) is 6.10 Å². The van der Waals surface area contributed by atoms with Gasteiger partial charge in [-0.3, -0.25) is 9.48 Å². The van der Waals surface area contributed by atoms with Crippen molar-refractivity contribution in [1.29, 1.82) is 0 Å². The van der Waals surface area contributed by atoms with Crippen LogP contribution in [0, 0.1) is 18.8 Å². The predicted molar refractivity (Wildman–Crippen MR) is 117 cm³/mol. The van der Waals surface area contributed by atoms with E-state index in [0.29, 0.717) is 34.4 Å². The Morgan fingerprint density at radius 1 is 1.21 bits per heavy atom. The van der Waals surface area contributed by atoms with Crippen molar-refractivity contribution in [3.8, 4) is 22.7 Å². The van der Waals surface area contributed by atoms with E-state index in [-0.39, 0.29) is 23.6 Å². The fraction of sp³-hybridized carbons (Fsp3) is 0.458. The number of benzene rings is 1. The van der Waals surface area contributed by atoms with Crippen LogP contribution in [0.4, 0.5) is 13.2 Å². The number of oxazole rings is 1. The zero-order valence-electron chi connectivity index (χ0n) is 18.5. The standard InChI is InChI=1S/C24H25F3N4O3/c1-13-9-18(30-31(13)12-20(32)24(25,26)27)16-3-2-4-17(10-16)23-28-11-19(34-23)22(33)29-21(14-5-6-14)15-7-8-15/h2-4,9-11,14-15,20-21,32H,5-8,12H2,1H3,(H,29,33). The van der Waals surface area contributed by atoms with Crippen molar-refractivity contribution < 1.29 is 27.5 Å². The van der Waals surface area contributed by atoms with E-state index in [9.17, 15) is 23.1 Å². The van der Waals surface area contributed by atoms with Crippen LogP contribution in [0.3, 0.4) is 0 Å². The fourth-order valence-electron chi connectivity index (χ4n) is 4.18. The summed E-state index contributed by atoms with van der Waals surface area (Å²) in [6, 6.07) is 8.89. The molecule has 10 heteroatoms. The number of carbonyl (C=O) groups is 1. The number of alkyl halides is 3. The minimum atomic E-state index is -4.72.